The Balaban J connectivity index is 1.98. The molecule has 0 saturated heterocycles. The fourth-order valence-corrected chi connectivity index (χ4v) is 3.26. The highest BCUT2D eigenvalue weighted by atomic mass is 79.9. The smallest absolute Gasteiger partial charge is 0.0998 e. The Labute approximate surface area is 126 Å². The molecule has 100 valence electrons. The van der Waals surface area contributed by atoms with Crippen LogP contribution in [0.25, 0.3) is 0 Å². The minimum Gasteiger partial charge on any atom is -0.387 e. The highest BCUT2D eigenvalue weighted by Crippen LogP contribution is 2.45. The molecule has 1 aromatic carbocycles. The molecule has 0 amide bonds. The number of hydrogen-bond donors (Lipinski definition) is 1. The highest BCUT2D eigenvalue weighted by Gasteiger charge is 2.44. The minimum atomic E-state index is -0.843. The number of benzene rings is 1. The summed E-state index contributed by atoms with van der Waals surface area (Å²) in [6, 6.07) is 12.2. The van der Waals surface area contributed by atoms with Gasteiger partial charge in [0.05, 0.1) is 17.6 Å². The molecule has 1 aromatic heterocycles. The molecule has 3 rings (SSSR count). The van der Waals surface area contributed by atoms with Crippen LogP contribution in [0.15, 0.2) is 47.2 Å². The van der Waals surface area contributed by atoms with Gasteiger partial charge >= 0.3 is 0 Å². The topological polar surface area (TPSA) is 56.9 Å². The van der Waals surface area contributed by atoms with Crippen LogP contribution in [0.5, 0.6) is 0 Å². The van der Waals surface area contributed by atoms with Gasteiger partial charge in [0, 0.05) is 22.4 Å². The lowest BCUT2D eigenvalue weighted by Gasteiger charge is -2.27. The van der Waals surface area contributed by atoms with Gasteiger partial charge in [-0.1, -0.05) is 24.3 Å². The molecule has 0 radical (unpaired) electrons. The van der Waals surface area contributed by atoms with Gasteiger partial charge in [0.2, 0.25) is 0 Å². The van der Waals surface area contributed by atoms with E-state index in [-0.39, 0.29) is 0 Å². The minimum absolute atomic E-state index is 0.577. The van der Waals surface area contributed by atoms with Crippen LogP contribution in [0, 0.1) is 16.7 Å². The maximum absolute atomic E-state index is 10.7. The van der Waals surface area contributed by atoms with Gasteiger partial charge in [-0.05, 0) is 46.0 Å². The summed E-state index contributed by atoms with van der Waals surface area (Å²) in [6.07, 6.45) is 3.60. The van der Waals surface area contributed by atoms with E-state index >= 15 is 0 Å². The molecule has 3 nitrogen and oxygen atoms in total. The van der Waals surface area contributed by atoms with Gasteiger partial charge in [0.15, 0.2) is 0 Å². The summed E-state index contributed by atoms with van der Waals surface area (Å²) in [5.41, 5.74) is 2.17. The Hall–Kier alpha value is -1.70. The SMILES string of the molecule is N#CC1(C(O)c2cncc(Br)c2)Cc2ccccc2C1. The Morgan fingerprint density at radius 2 is 1.90 bits per heavy atom. The van der Waals surface area contributed by atoms with E-state index < -0.39 is 11.5 Å². The molecule has 0 saturated carbocycles. The van der Waals surface area contributed by atoms with Gasteiger partial charge in [-0.25, -0.2) is 0 Å². The number of aliphatic hydroxyl groups excluding tert-OH is 1. The zero-order valence-electron chi connectivity index (χ0n) is 10.8. The van der Waals surface area contributed by atoms with Gasteiger partial charge < -0.3 is 5.11 Å². The number of pyridine rings is 1. The zero-order valence-corrected chi connectivity index (χ0v) is 12.3. The van der Waals surface area contributed by atoms with Gasteiger partial charge in [0.25, 0.3) is 0 Å². The van der Waals surface area contributed by atoms with E-state index in [1.807, 2.05) is 30.3 Å². The Bertz CT molecular complexity index is 668. The van der Waals surface area contributed by atoms with Gasteiger partial charge in [0.1, 0.15) is 0 Å². The second-order valence-electron chi connectivity index (χ2n) is 5.23. The summed E-state index contributed by atoms with van der Waals surface area (Å²) in [7, 11) is 0. The van der Waals surface area contributed by atoms with Crippen molar-refractivity contribution in [3.63, 3.8) is 0 Å². The van der Waals surface area contributed by atoms with Gasteiger partial charge in [-0.15, -0.1) is 0 Å². The van der Waals surface area contributed by atoms with E-state index in [1.165, 1.54) is 0 Å². The van der Waals surface area contributed by atoms with Crippen molar-refractivity contribution in [1.82, 2.24) is 4.98 Å². The largest absolute Gasteiger partial charge is 0.387 e. The van der Waals surface area contributed by atoms with Crippen LogP contribution in [0.3, 0.4) is 0 Å². The summed E-state index contributed by atoms with van der Waals surface area (Å²) in [5, 5.41) is 20.3. The number of fused-ring (bicyclic) bond motifs is 1. The number of nitriles is 1. The van der Waals surface area contributed by atoms with Crippen molar-refractivity contribution < 1.29 is 5.11 Å². The summed E-state index contributed by atoms with van der Waals surface area (Å²) < 4.78 is 0.803. The second kappa shape index (κ2) is 5.01. The van der Waals surface area contributed by atoms with Crippen LogP contribution < -0.4 is 0 Å². The lowest BCUT2D eigenvalue weighted by atomic mass is 9.78. The number of aromatic nitrogens is 1. The monoisotopic (exact) mass is 328 g/mol. The van der Waals surface area contributed by atoms with E-state index in [2.05, 4.69) is 27.0 Å². The number of nitrogens with zero attached hydrogens (tertiary/aromatic N) is 2. The van der Waals surface area contributed by atoms with Crippen molar-refractivity contribution in [2.45, 2.75) is 18.9 Å². The molecule has 0 aliphatic heterocycles. The van der Waals surface area contributed by atoms with Crippen LogP contribution in [-0.2, 0) is 12.8 Å². The van der Waals surface area contributed by atoms with E-state index in [0.717, 1.165) is 15.6 Å². The molecule has 1 aliphatic carbocycles. The summed E-state index contributed by atoms with van der Waals surface area (Å²) in [6.45, 7) is 0. The van der Waals surface area contributed by atoms with Crippen molar-refractivity contribution in [3.05, 3.63) is 63.9 Å². The normalized spacial score (nSPS) is 17.2. The molecule has 1 heterocycles. The van der Waals surface area contributed by atoms with E-state index in [9.17, 15) is 10.4 Å². The molecule has 2 aromatic rings. The first-order valence-corrected chi connectivity index (χ1v) is 7.20. The third-order valence-electron chi connectivity index (χ3n) is 3.92. The number of aliphatic hydroxyl groups is 1. The molecule has 1 aliphatic rings. The molecule has 0 bridgehead atoms. The number of hydrogen-bond acceptors (Lipinski definition) is 3. The van der Waals surface area contributed by atoms with E-state index in [0.29, 0.717) is 18.4 Å². The fourth-order valence-electron chi connectivity index (χ4n) is 2.88. The summed E-state index contributed by atoms with van der Waals surface area (Å²) in [4.78, 5) is 4.07. The van der Waals surface area contributed by atoms with E-state index in [1.54, 1.807) is 12.4 Å². The van der Waals surface area contributed by atoms with Crippen molar-refractivity contribution in [2.75, 3.05) is 0 Å². The summed E-state index contributed by atoms with van der Waals surface area (Å²) in [5.74, 6) is 0. The molecular formula is C16H13BrN2O. The molecule has 1 atom stereocenters. The fraction of sp³-hybridized carbons (Fsp3) is 0.250. The standard InChI is InChI=1S/C16H13BrN2O/c17-14-5-13(8-19-9-14)15(20)16(10-18)6-11-3-1-2-4-12(11)7-16/h1-5,8-9,15,20H,6-7H2. The van der Waals surface area contributed by atoms with Crippen LogP contribution in [0.2, 0.25) is 0 Å². The average Bonchev–Trinajstić information content (AvgIpc) is 2.86. The number of rotatable bonds is 2. The van der Waals surface area contributed by atoms with Crippen LogP contribution in [-0.4, -0.2) is 10.1 Å². The lowest BCUT2D eigenvalue weighted by molar-refractivity contribution is 0.0690. The third kappa shape index (κ3) is 2.13. The molecule has 0 spiro atoms. The molecule has 20 heavy (non-hydrogen) atoms. The predicted octanol–water partition coefficient (Wildman–Crippen LogP) is 3.19. The van der Waals surface area contributed by atoms with Crippen LogP contribution in [0.1, 0.15) is 22.8 Å². The average molecular weight is 329 g/mol. The van der Waals surface area contributed by atoms with Crippen molar-refractivity contribution in [2.24, 2.45) is 5.41 Å². The van der Waals surface area contributed by atoms with Gasteiger partial charge in [-0.3, -0.25) is 4.98 Å². The lowest BCUT2D eigenvalue weighted by Crippen LogP contribution is -2.28. The Kier molecular flexibility index (Phi) is 3.33. The van der Waals surface area contributed by atoms with Crippen LogP contribution in [0.4, 0.5) is 0 Å². The third-order valence-corrected chi connectivity index (χ3v) is 4.35. The quantitative estimate of drug-likeness (QED) is 0.921. The first-order chi connectivity index (χ1) is 9.64. The summed E-state index contributed by atoms with van der Waals surface area (Å²) >= 11 is 3.35. The predicted molar refractivity (Wildman–Crippen MR) is 78.8 cm³/mol. The maximum Gasteiger partial charge on any atom is 0.0998 e. The molecule has 0 fully saturated rings. The number of halogens is 1. The second-order valence-corrected chi connectivity index (χ2v) is 6.14. The van der Waals surface area contributed by atoms with Crippen molar-refractivity contribution >= 4 is 15.9 Å². The zero-order chi connectivity index (χ0) is 14.2. The molecule has 1 N–H and O–H groups in total. The van der Waals surface area contributed by atoms with Crippen molar-refractivity contribution in [3.8, 4) is 6.07 Å². The highest BCUT2D eigenvalue weighted by molar-refractivity contribution is 9.10. The van der Waals surface area contributed by atoms with Crippen LogP contribution >= 0.6 is 15.9 Å². The van der Waals surface area contributed by atoms with Gasteiger partial charge in [-0.2, -0.15) is 5.26 Å². The first-order valence-electron chi connectivity index (χ1n) is 6.41. The molecule has 4 heteroatoms. The van der Waals surface area contributed by atoms with E-state index in [4.69, 9.17) is 0 Å². The Morgan fingerprint density at radius 3 is 2.45 bits per heavy atom. The maximum atomic E-state index is 10.7. The molecular weight excluding hydrogens is 316 g/mol. The first kappa shape index (κ1) is 13.3. The Morgan fingerprint density at radius 1 is 1.25 bits per heavy atom. The molecule has 1 unspecified atom stereocenters. The van der Waals surface area contributed by atoms with Crippen molar-refractivity contribution in [1.29, 1.82) is 5.26 Å².